The van der Waals surface area contributed by atoms with Crippen LogP contribution in [0.5, 0.6) is 0 Å². The van der Waals surface area contributed by atoms with E-state index in [0.717, 1.165) is 44.5 Å². The van der Waals surface area contributed by atoms with Crippen molar-refractivity contribution >= 4 is 137 Å². The number of fused-ring (bicyclic) bond motifs is 2. The third-order valence-electron chi connectivity index (χ3n) is 11.2. The van der Waals surface area contributed by atoms with Crippen LogP contribution in [0, 0.1) is 33.8 Å². The minimum absolute atomic E-state index is 0. The van der Waals surface area contributed by atoms with Crippen molar-refractivity contribution in [1.29, 1.82) is 0 Å². The van der Waals surface area contributed by atoms with E-state index in [1.165, 1.54) is 51.1 Å². The van der Waals surface area contributed by atoms with E-state index in [-0.39, 0.29) is 50.3 Å². The van der Waals surface area contributed by atoms with Crippen molar-refractivity contribution in [1.82, 2.24) is 19.9 Å². The van der Waals surface area contributed by atoms with E-state index < -0.39 is 15.8 Å². The molecule has 0 spiro atoms. The van der Waals surface area contributed by atoms with Crippen LogP contribution in [0.15, 0.2) is 206 Å². The zero-order valence-corrected chi connectivity index (χ0v) is 50.6. The molecule has 372 valence electrons. The van der Waals surface area contributed by atoms with E-state index >= 15 is 0 Å². The molecule has 0 bridgehead atoms. The Bertz CT molecular complexity index is 2950. The van der Waals surface area contributed by atoms with Gasteiger partial charge in [0.1, 0.15) is 5.69 Å². The first-order valence-electron chi connectivity index (χ1n) is 22.8. The van der Waals surface area contributed by atoms with Gasteiger partial charge < -0.3 is 17.0 Å². The summed E-state index contributed by atoms with van der Waals surface area (Å²) in [5.74, 6) is 0. The van der Waals surface area contributed by atoms with E-state index in [2.05, 4.69) is 173 Å². The summed E-state index contributed by atoms with van der Waals surface area (Å²) in [6, 6.07) is 75.2. The number of aryl methyl sites for hydroxylation is 4. The number of rotatable bonds is 9. The Morgan fingerprint density at radius 3 is 1.00 bits per heavy atom. The van der Waals surface area contributed by atoms with Gasteiger partial charge in [-0.25, -0.2) is 19.9 Å². The molecule has 4 nitrogen and oxygen atoms in total. The molecule has 0 unspecified atom stereocenters. The van der Waals surface area contributed by atoms with Gasteiger partial charge in [0.2, 0.25) is 0 Å². The van der Waals surface area contributed by atoms with Crippen LogP contribution in [-0.2, 0) is 12.7 Å². The average Bonchev–Trinajstić information content (AvgIpc) is 3.39. The Hall–Kier alpha value is -3.51. The van der Waals surface area contributed by atoms with E-state index in [9.17, 15) is 0 Å². The molecule has 10 aromatic rings. The second kappa shape index (κ2) is 33.5. The summed E-state index contributed by atoms with van der Waals surface area (Å²) in [5.41, 5.74) is 9.78. The van der Waals surface area contributed by atoms with Gasteiger partial charge >= 0.3 is 56.1 Å². The minimum Gasteiger partial charge on any atom is -0.0620 e. The first-order chi connectivity index (χ1) is 34.6. The molecule has 0 aliphatic carbocycles. The molecule has 14 heteroatoms. The van der Waals surface area contributed by atoms with Gasteiger partial charge in [-0.05, 0) is 97.8 Å². The summed E-state index contributed by atoms with van der Waals surface area (Å²) in [6.45, 7) is 8.23. The molecule has 73 heavy (non-hydrogen) atoms. The predicted octanol–water partition coefficient (Wildman–Crippen LogP) is 12.7. The number of hydrogen-bond acceptors (Lipinski definition) is 4. The first-order valence-corrected chi connectivity index (χ1v) is 30.1. The SMILES string of the molecule is Cc1[c-]c(C)ccc1.Cc1cccc(C)c1-c1nc2ccccc2nc1Cl.Clc1nc2ccccc2nc1Cl.[Br-].[Cl][Ni][Cl].[Mg+2].c1ccc([PH+](CCC[PH+](c2ccccc2)c2ccccc2)c2ccccc2)cc1. The summed E-state index contributed by atoms with van der Waals surface area (Å²) >= 11 is 18.2. The second-order valence-electron chi connectivity index (χ2n) is 16.2. The molecule has 0 fully saturated rings. The maximum absolute atomic E-state index is 6.31. The zero-order chi connectivity index (χ0) is 50.4. The largest absolute Gasteiger partial charge is 2.00 e. The minimum atomic E-state index is -0.742. The summed E-state index contributed by atoms with van der Waals surface area (Å²) in [6.07, 6.45) is 3.84. The van der Waals surface area contributed by atoms with Crippen molar-refractivity contribution in [3.05, 3.63) is 250 Å². The Labute approximate surface area is 489 Å². The molecule has 0 atom stereocenters. The fraction of sp³-hybridized carbons (Fsp3) is 0.119. The van der Waals surface area contributed by atoms with Gasteiger partial charge in [-0.3, -0.25) is 0 Å². The maximum Gasteiger partial charge on any atom is 2.00 e. The predicted molar refractivity (Wildman–Crippen MR) is 317 cm³/mol. The summed E-state index contributed by atoms with van der Waals surface area (Å²) in [4.78, 5) is 17.2. The van der Waals surface area contributed by atoms with E-state index in [1.807, 2.05) is 86.6 Å². The molecular weight excluding hydrogens is 1170 g/mol. The van der Waals surface area contributed by atoms with Gasteiger partial charge in [0.15, 0.2) is 15.5 Å². The molecular formula is C59H54BrCl5MgN4NiP2+2. The zero-order valence-electron chi connectivity index (χ0n) is 40.8. The molecule has 0 radical (unpaired) electrons. The van der Waals surface area contributed by atoms with Crippen molar-refractivity contribution in [2.24, 2.45) is 0 Å². The molecule has 8 aromatic carbocycles. The Balaban J connectivity index is 0.000000225. The number of benzene rings is 8. The quantitative estimate of drug-likeness (QED) is 0.0821. The molecule has 2 heterocycles. The fourth-order valence-electron chi connectivity index (χ4n) is 7.92. The summed E-state index contributed by atoms with van der Waals surface area (Å²) in [5, 5.41) is 7.05. The van der Waals surface area contributed by atoms with Gasteiger partial charge in [0.05, 0.1) is 71.5 Å². The van der Waals surface area contributed by atoms with E-state index in [4.69, 9.17) is 55.2 Å². The molecule has 10 rings (SSSR count). The fourth-order valence-corrected chi connectivity index (χ4v) is 14.0. The normalized spacial score (nSPS) is 10.3. The van der Waals surface area contributed by atoms with Crippen LogP contribution in [0.25, 0.3) is 33.3 Å². The number of halogens is 6. The van der Waals surface area contributed by atoms with Gasteiger partial charge in [0, 0.05) is 12.0 Å². The molecule has 2 aromatic heterocycles. The number of hydrogen-bond donors (Lipinski definition) is 0. The average molecular weight is 1220 g/mol. The third kappa shape index (κ3) is 19.5. The molecule has 0 saturated heterocycles. The Morgan fingerprint density at radius 2 is 0.685 bits per heavy atom. The van der Waals surface area contributed by atoms with Crippen molar-refractivity contribution in [2.45, 2.75) is 34.1 Å². The summed E-state index contributed by atoms with van der Waals surface area (Å²) < 4.78 is 0. The standard InChI is InChI=1S/C27H26P2.C16H13ClN2.C8H4Cl2N2.C8H9.BrH.2ClH.Mg.Ni/c1-5-14-24(15-6-1)28(25-16-7-2-8-17-25)22-13-23-29(26-18-9-3-10-19-26)27-20-11-4-12-21-27;1-10-6-5-7-11(2)14(10)15-16(17)19-13-9-4-3-8-12(13)18-15;9-7-8(10)12-6-4-2-1-3-5(6)11-7;1-7-4-3-5-8(2)6-7;;;;;/h1-12,14-21H,13,22-23H2;3-9H,1-2H3;1-4H;3-5H,1-2H3;3*1H;;/q;;;-1;;;;2*+2/p-1. The molecule has 0 aliphatic heterocycles. The van der Waals surface area contributed by atoms with Gasteiger partial charge in [-0.1, -0.05) is 164 Å². The van der Waals surface area contributed by atoms with Crippen LogP contribution in [0.4, 0.5) is 0 Å². The van der Waals surface area contributed by atoms with Crippen molar-refractivity contribution < 1.29 is 29.6 Å². The van der Waals surface area contributed by atoms with Crippen molar-refractivity contribution in [3.63, 3.8) is 0 Å². The van der Waals surface area contributed by atoms with Crippen LogP contribution in [0.2, 0.25) is 15.5 Å². The van der Waals surface area contributed by atoms with Crippen molar-refractivity contribution in [3.8, 4) is 11.3 Å². The molecule has 0 aliphatic rings. The van der Waals surface area contributed by atoms with Crippen LogP contribution < -0.4 is 38.2 Å². The number of nitrogens with zero attached hydrogens (tertiary/aromatic N) is 4. The van der Waals surface area contributed by atoms with Crippen molar-refractivity contribution in [2.75, 3.05) is 12.3 Å². The third-order valence-corrected chi connectivity index (χ3v) is 17.9. The van der Waals surface area contributed by atoms with Gasteiger partial charge in [0.25, 0.3) is 0 Å². The van der Waals surface area contributed by atoms with Crippen LogP contribution in [0.1, 0.15) is 28.7 Å². The van der Waals surface area contributed by atoms with Crippen LogP contribution >= 0.6 is 71.0 Å². The van der Waals surface area contributed by atoms with Gasteiger partial charge in [-0.15, -0.1) is 0 Å². The van der Waals surface area contributed by atoms with Gasteiger partial charge in [-0.2, -0.15) is 35.4 Å². The monoisotopic (exact) mass is 1220 g/mol. The Kier molecular flexibility index (Phi) is 28.5. The van der Waals surface area contributed by atoms with E-state index in [1.54, 1.807) is 0 Å². The maximum atomic E-state index is 6.31. The van der Waals surface area contributed by atoms with E-state index in [0.29, 0.717) is 17.8 Å². The molecule has 0 amide bonds. The second-order valence-corrected chi connectivity index (χ2v) is 24.2. The summed E-state index contributed by atoms with van der Waals surface area (Å²) in [7, 11) is 7.92. The van der Waals surface area contributed by atoms with Crippen LogP contribution in [-0.4, -0.2) is 55.3 Å². The number of aromatic nitrogens is 4. The van der Waals surface area contributed by atoms with Crippen LogP contribution in [0.3, 0.4) is 0 Å². The Morgan fingerprint density at radius 1 is 0.397 bits per heavy atom. The topological polar surface area (TPSA) is 51.6 Å². The smallest absolute Gasteiger partial charge is 0.0620 e. The molecule has 0 saturated carbocycles. The first kappa shape index (κ1) is 62.0. The number of para-hydroxylation sites is 4. The molecule has 0 N–H and O–H groups in total.